The van der Waals surface area contributed by atoms with Gasteiger partial charge in [-0.1, -0.05) is 24.4 Å². The first-order chi connectivity index (χ1) is 9.22. The van der Waals surface area contributed by atoms with Gasteiger partial charge in [-0.2, -0.15) is 0 Å². The maximum atomic E-state index is 6.24. The molecule has 0 radical (unpaired) electrons. The molecule has 0 unspecified atom stereocenters. The highest BCUT2D eigenvalue weighted by Gasteiger charge is 2.37. The van der Waals surface area contributed by atoms with Crippen LogP contribution in [-0.2, 0) is 5.41 Å². The number of ether oxygens (including phenoxy) is 1. The fourth-order valence-corrected chi connectivity index (χ4v) is 3.27. The van der Waals surface area contributed by atoms with Crippen LogP contribution in [0.2, 0.25) is 5.02 Å². The van der Waals surface area contributed by atoms with Crippen LogP contribution in [0.5, 0.6) is 5.75 Å². The lowest BCUT2D eigenvalue weighted by Crippen LogP contribution is -2.41. The lowest BCUT2D eigenvalue weighted by Gasteiger charge is -2.41. The standard InChI is InChI=1S/C16H22ClNO/c17-14-7-13(16(11-18)5-2-6-16)8-15(9-14)19-10-12-3-1-4-12/h7-9,12H,1-6,10-11,18H2. The Bertz CT molecular complexity index is 447. The zero-order valence-corrected chi connectivity index (χ0v) is 12.1. The summed E-state index contributed by atoms with van der Waals surface area (Å²) < 4.78 is 5.91. The maximum Gasteiger partial charge on any atom is 0.121 e. The Kier molecular flexibility index (Phi) is 3.72. The number of benzene rings is 1. The molecule has 3 heteroatoms. The van der Waals surface area contributed by atoms with Crippen molar-refractivity contribution in [1.29, 1.82) is 0 Å². The molecule has 19 heavy (non-hydrogen) atoms. The van der Waals surface area contributed by atoms with Crippen LogP contribution in [0.15, 0.2) is 18.2 Å². The molecule has 2 saturated carbocycles. The molecule has 1 aromatic rings. The molecule has 104 valence electrons. The molecular weight excluding hydrogens is 258 g/mol. The Morgan fingerprint density at radius 3 is 2.53 bits per heavy atom. The van der Waals surface area contributed by atoms with Gasteiger partial charge in [0.1, 0.15) is 5.75 Å². The van der Waals surface area contributed by atoms with Crippen molar-refractivity contribution in [3.05, 3.63) is 28.8 Å². The summed E-state index contributed by atoms with van der Waals surface area (Å²) in [4.78, 5) is 0. The topological polar surface area (TPSA) is 35.2 Å². The SMILES string of the molecule is NCC1(c2cc(Cl)cc(OCC3CCC3)c2)CCC1. The van der Waals surface area contributed by atoms with Crippen molar-refractivity contribution >= 4 is 11.6 Å². The van der Waals surface area contributed by atoms with Gasteiger partial charge in [-0.15, -0.1) is 0 Å². The highest BCUT2D eigenvalue weighted by atomic mass is 35.5. The van der Waals surface area contributed by atoms with Gasteiger partial charge in [0.2, 0.25) is 0 Å². The average Bonchev–Trinajstić information content (AvgIpc) is 2.25. The molecule has 0 heterocycles. The molecular formula is C16H22ClNO. The van der Waals surface area contributed by atoms with Crippen LogP contribution in [-0.4, -0.2) is 13.2 Å². The number of hydrogen-bond acceptors (Lipinski definition) is 2. The Labute approximate surface area is 120 Å². The summed E-state index contributed by atoms with van der Waals surface area (Å²) in [6.45, 7) is 1.53. The molecule has 0 amide bonds. The van der Waals surface area contributed by atoms with Gasteiger partial charge in [0.15, 0.2) is 0 Å². The second kappa shape index (κ2) is 5.34. The average molecular weight is 280 g/mol. The minimum atomic E-state index is 0.152. The molecule has 2 fully saturated rings. The lowest BCUT2D eigenvalue weighted by atomic mass is 9.64. The summed E-state index contributed by atoms with van der Waals surface area (Å²) in [7, 11) is 0. The number of halogens is 1. The van der Waals surface area contributed by atoms with Crippen LogP contribution < -0.4 is 10.5 Å². The Balaban J connectivity index is 1.75. The van der Waals surface area contributed by atoms with E-state index in [0.29, 0.717) is 6.54 Å². The Hall–Kier alpha value is -0.730. The third kappa shape index (κ3) is 2.61. The van der Waals surface area contributed by atoms with Crippen molar-refractivity contribution in [1.82, 2.24) is 0 Å². The summed E-state index contributed by atoms with van der Waals surface area (Å²) in [6, 6.07) is 6.13. The second-order valence-corrected chi connectivity index (χ2v) is 6.56. The minimum absolute atomic E-state index is 0.152. The van der Waals surface area contributed by atoms with Crippen molar-refractivity contribution < 1.29 is 4.74 Å². The normalized spacial score (nSPS) is 21.6. The molecule has 0 aromatic heterocycles. The van der Waals surface area contributed by atoms with Crippen molar-refractivity contribution in [3.63, 3.8) is 0 Å². The third-order valence-electron chi connectivity index (χ3n) is 4.90. The highest BCUT2D eigenvalue weighted by molar-refractivity contribution is 6.30. The van der Waals surface area contributed by atoms with Crippen LogP contribution >= 0.6 is 11.6 Å². The zero-order chi connectivity index (χ0) is 13.3. The molecule has 0 bridgehead atoms. The fraction of sp³-hybridized carbons (Fsp3) is 0.625. The first-order valence-electron chi connectivity index (χ1n) is 7.36. The molecule has 2 aliphatic rings. The van der Waals surface area contributed by atoms with Gasteiger partial charge in [0.25, 0.3) is 0 Å². The van der Waals surface area contributed by atoms with E-state index in [1.807, 2.05) is 6.07 Å². The predicted octanol–water partition coefficient (Wildman–Crippen LogP) is 3.90. The smallest absolute Gasteiger partial charge is 0.121 e. The summed E-state index contributed by atoms with van der Waals surface area (Å²) in [5, 5.41) is 0.765. The first-order valence-corrected chi connectivity index (χ1v) is 7.74. The first kappa shape index (κ1) is 13.3. The van der Waals surface area contributed by atoms with Crippen LogP contribution in [0.3, 0.4) is 0 Å². The molecule has 0 saturated heterocycles. The van der Waals surface area contributed by atoms with Crippen LogP contribution in [0.25, 0.3) is 0 Å². The summed E-state index contributed by atoms with van der Waals surface area (Å²) >= 11 is 6.24. The van der Waals surface area contributed by atoms with Gasteiger partial charge in [0, 0.05) is 17.0 Å². The van der Waals surface area contributed by atoms with Gasteiger partial charge in [-0.25, -0.2) is 0 Å². The van der Waals surface area contributed by atoms with Crippen molar-refractivity contribution in [2.75, 3.05) is 13.2 Å². The van der Waals surface area contributed by atoms with E-state index in [0.717, 1.165) is 23.3 Å². The van der Waals surface area contributed by atoms with E-state index in [1.54, 1.807) is 0 Å². The lowest BCUT2D eigenvalue weighted by molar-refractivity contribution is 0.180. The van der Waals surface area contributed by atoms with Crippen LogP contribution in [0.1, 0.15) is 44.1 Å². The van der Waals surface area contributed by atoms with E-state index in [2.05, 4.69) is 12.1 Å². The van der Waals surface area contributed by atoms with E-state index in [1.165, 1.54) is 44.1 Å². The van der Waals surface area contributed by atoms with E-state index < -0.39 is 0 Å². The van der Waals surface area contributed by atoms with E-state index in [9.17, 15) is 0 Å². The minimum Gasteiger partial charge on any atom is -0.493 e. The van der Waals surface area contributed by atoms with Crippen molar-refractivity contribution in [3.8, 4) is 5.75 Å². The zero-order valence-electron chi connectivity index (χ0n) is 11.3. The molecule has 0 spiro atoms. The maximum absolute atomic E-state index is 6.24. The van der Waals surface area contributed by atoms with Crippen molar-refractivity contribution in [2.45, 2.75) is 43.9 Å². The number of hydrogen-bond donors (Lipinski definition) is 1. The van der Waals surface area contributed by atoms with Gasteiger partial charge in [0.05, 0.1) is 6.61 Å². The number of rotatable bonds is 5. The van der Waals surface area contributed by atoms with Crippen LogP contribution in [0.4, 0.5) is 0 Å². The molecule has 0 atom stereocenters. The van der Waals surface area contributed by atoms with E-state index >= 15 is 0 Å². The van der Waals surface area contributed by atoms with Gasteiger partial charge in [-0.3, -0.25) is 0 Å². The predicted molar refractivity (Wildman–Crippen MR) is 78.9 cm³/mol. The Morgan fingerprint density at radius 2 is 2.00 bits per heavy atom. The summed E-state index contributed by atoms with van der Waals surface area (Å²) in [6.07, 6.45) is 7.57. The molecule has 2 nitrogen and oxygen atoms in total. The highest BCUT2D eigenvalue weighted by Crippen LogP contribution is 2.44. The largest absolute Gasteiger partial charge is 0.493 e. The molecule has 2 N–H and O–H groups in total. The fourth-order valence-electron chi connectivity index (χ4n) is 3.04. The molecule has 2 aliphatic carbocycles. The summed E-state index contributed by atoms with van der Waals surface area (Å²) in [5.41, 5.74) is 7.38. The third-order valence-corrected chi connectivity index (χ3v) is 5.11. The quantitative estimate of drug-likeness (QED) is 0.887. The van der Waals surface area contributed by atoms with E-state index in [4.69, 9.17) is 22.1 Å². The monoisotopic (exact) mass is 279 g/mol. The van der Waals surface area contributed by atoms with Crippen LogP contribution in [0, 0.1) is 5.92 Å². The number of nitrogens with two attached hydrogens (primary N) is 1. The molecule has 1 aromatic carbocycles. The molecule has 3 rings (SSSR count). The molecule has 0 aliphatic heterocycles. The van der Waals surface area contributed by atoms with E-state index in [-0.39, 0.29) is 5.41 Å². The Morgan fingerprint density at radius 1 is 1.21 bits per heavy atom. The van der Waals surface area contributed by atoms with Gasteiger partial charge < -0.3 is 10.5 Å². The van der Waals surface area contributed by atoms with Gasteiger partial charge >= 0.3 is 0 Å². The van der Waals surface area contributed by atoms with Crippen molar-refractivity contribution in [2.24, 2.45) is 11.7 Å². The second-order valence-electron chi connectivity index (χ2n) is 6.12. The van der Waals surface area contributed by atoms with Gasteiger partial charge in [-0.05, 0) is 55.4 Å². The summed E-state index contributed by atoms with van der Waals surface area (Å²) in [5.74, 6) is 1.66.